The van der Waals surface area contributed by atoms with E-state index in [-0.39, 0.29) is 10.7 Å². The predicted octanol–water partition coefficient (Wildman–Crippen LogP) is 6.38. The number of nitrogens with one attached hydrogen (secondary N) is 4. The maximum Gasteiger partial charge on any atom is 0.261 e. The first kappa shape index (κ1) is 23.8. The number of hydrogen-bond acceptors (Lipinski definition) is 7. The molecule has 0 fully saturated rings. The normalized spacial score (nSPS) is 12.5. The molecule has 1 aliphatic rings. The average Bonchev–Trinajstić information content (AvgIpc) is 3.39. The van der Waals surface area contributed by atoms with E-state index >= 15 is 0 Å². The number of ketones is 1. The molecule has 4 aromatic carbocycles. The third-order valence-corrected chi connectivity index (χ3v) is 8.53. The number of carbonyl (C=O) groups is 1. The van der Waals surface area contributed by atoms with Gasteiger partial charge in [0.25, 0.3) is 10.0 Å². The topological polar surface area (TPSA) is 116 Å². The molecule has 4 N–H and O–H groups in total. The second-order valence-electron chi connectivity index (χ2n) is 8.58. The summed E-state index contributed by atoms with van der Waals surface area (Å²) in [5, 5.41) is 14.1. The van der Waals surface area contributed by atoms with Gasteiger partial charge in [-0.3, -0.25) is 14.6 Å². The Morgan fingerprint density at radius 1 is 0.868 bits per heavy atom. The molecule has 0 radical (unpaired) electrons. The summed E-state index contributed by atoms with van der Waals surface area (Å²) < 4.78 is 28.2. The van der Waals surface area contributed by atoms with Gasteiger partial charge in [0.15, 0.2) is 5.78 Å². The van der Waals surface area contributed by atoms with E-state index in [0.717, 1.165) is 32.1 Å². The molecule has 0 bridgehead atoms. The number of allylic oxidation sites excluding steroid dienone is 1. The number of hydrogen-bond donors (Lipinski definition) is 4. The Kier molecular flexibility index (Phi) is 6.10. The van der Waals surface area contributed by atoms with Gasteiger partial charge in [-0.25, -0.2) is 8.42 Å². The lowest BCUT2D eigenvalue weighted by Crippen LogP contribution is -2.12. The van der Waals surface area contributed by atoms with Gasteiger partial charge in [-0.2, -0.15) is 5.10 Å². The van der Waals surface area contributed by atoms with Crippen LogP contribution in [0.3, 0.4) is 0 Å². The standard InChI is InChI=1S/C28H21N5O3S2/c34-26(18-6-12-28-25(15-18)31-23-3-1-2-4-27(23)37-28)13-14-29-20-8-10-22(11-9-20)38(35,36)33-21-7-5-19-17-30-32-24(19)16-21/h1-17,29,31,33H,(H,30,32)/b14-13-. The monoisotopic (exact) mass is 539 g/mol. The minimum Gasteiger partial charge on any atom is -0.362 e. The van der Waals surface area contributed by atoms with Gasteiger partial charge >= 0.3 is 0 Å². The number of para-hydroxylation sites is 1. The molecule has 5 aromatic rings. The quantitative estimate of drug-likeness (QED) is 0.137. The summed E-state index contributed by atoms with van der Waals surface area (Å²) in [5.74, 6) is -0.149. The van der Waals surface area contributed by atoms with Crippen LogP contribution in [-0.2, 0) is 10.0 Å². The zero-order valence-electron chi connectivity index (χ0n) is 19.8. The molecule has 38 heavy (non-hydrogen) atoms. The Balaban J connectivity index is 1.09. The third-order valence-electron chi connectivity index (χ3n) is 5.98. The Labute approximate surface area is 223 Å². The van der Waals surface area contributed by atoms with Crippen LogP contribution in [0.4, 0.5) is 22.7 Å². The van der Waals surface area contributed by atoms with E-state index in [1.807, 2.05) is 36.4 Å². The van der Waals surface area contributed by atoms with E-state index in [1.165, 1.54) is 18.2 Å². The number of sulfonamides is 1. The van der Waals surface area contributed by atoms with E-state index in [1.54, 1.807) is 54.5 Å². The molecule has 0 aliphatic carbocycles. The second-order valence-corrected chi connectivity index (χ2v) is 11.3. The second kappa shape index (κ2) is 9.73. The van der Waals surface area contributed by atoms with E-state index in [4.69, 9.17) is 0 Å². The first-order valence-electron chi connectivity index (χ1n) is 11.7. The number of aromatic nitrogens is 2. The Bertz CT molecular complexity index is 1810. The van der Waals surface area contributed by atoms with Gasteiger partial charge in [-0.05, 0) is 72.8 Å². The summed E-state index contributed by atoms with van der Waals surface area (Å²) in [7, 11) is -3.77. The molecule has 2 heterocycles. The van der Waals surface area contributed by atoms with Crippen molar-refractivity contribution < 1.29 is 13.2 Å². The summed E-state index contributed by atoms with van der Waals surface area (Å²) in [6.07, 6.45) is 4.66. The summed E-state index contributed by atoms with van der Waals surface area (Å²) in [6, 6.07) is 25.1. The van der Waals surface area contributed by atoms with Gasteiger partial charge in [-0.1, -0.05) is 23.9 Å². The van der Waals surface area contributed by atoms with Crippen LogP contribution in [-0.4, -0.2) is 24.4 Å². The number of benzene rings is 4. The average molecular weight is 540 g/mol. The van der Waals surface area contributed by atoms with Crippen molar-refractivity contribution in [2.75, 3.05) is 15.4 Å². The van der Waals surface area contributed by atoms with Crippen molar-refractivity contribution in [3.63, 3.8) is 0 Å². The first-order chi connectivity index (χ1) is 18.4. The highest BCUT2D eigenvalue weighted by molar-refractivity contribution is 7.99. The largest absolute Gasteiger partial charge is 0.362 e. The first-order valence-corrected chi connectivity index (χ1v) is 14.0. The fraction of sp³-hybridized carbons (Fsp3) is 0. The number of H-pyrrole nitrogens is 1. The zero-order valence-corrected chi connectivity index (χ0v) is 21.4. The van der Waals surface area contributed by atoms with Crippen molar-refractivity contribution >= 4 is 61.2 Å². The lowest BCUT2D eigenvalue weighted by atomic mass is 10.1. The van der Waals surface area contributed by atoms with Crippen LogP contribution in [0.15, 0.2) is 118 Å². The molecule has 188 valence electrons. The van der Waals surface area contributed by atoms with E-state index in [9.17, 15) is 13.2 Å². The van der Waals surface area contributed by atoms with Crippen LogP contribution < -0.4 is 15.4 Å². The lowest BCUT2D eigenvalue weighted by Gasteiger charge is -2.20. The van der Waals surface area contributed by atoms with E-state index < -0.39 is 10.0 Å². The number of nitrogens with zero attached hydrogens (tertiary/aromatic N) is 1. The van der Waals surface area contributed by atoms with Crippen molar-refractivity contribution in [2.45, 2.75) is 14.7 Å². The van der Waals surface area contributed by atoms with Gasteiger partial charge < -0.3 is 10.6 Å². The summed E-state index contributed by atoms with van der Waals surface area (Å²) in [6.45, 7) is 0. The highest BCUT2D eigenvalue weighted by Crippen LogP contribution is 2.44. The number of carbonyl (C=O) groups excluding carboxylic acids is 1. The lowest BCUT2D eigenvalue weighted by molar-refractivity contribution is 0.104. The molecule has 6 rings (SSSR count). The maximum atomic E-state index is 12.8. The molecule has 0 unspecified atom stereocenters. The minimum atomic E-state index is -3.77. The smallest absolute Gasteiger partial charge is 0.261 e. The third kappa shape index (κ3) is 4.86. The van der Waals surface area contributed by atoms with Crippen LogP contribution in [0.5, 0.6) is 0 Å². The summed E-state index contributed by atoms with van der Waals surface area (Å²) >= 11 is 1.67. The molecular formula is C28H21N5O3S2. The van der Waals surface area contributed by atoms with Gasteiger partial charge in [0.05, 0.1) is 33.7 Å². The van der Waals surface area contributed by atoms with Crippen LogP contribution >= 0.6 is 11.8 Å². The van der Waals surface area contributed by atoms with Crippen molar-refractivity contribution in [3.8, 4) is 0 Å². The van der Waals surface area contributed by atoms with Crippen molar-refractivity contribution in [2.24, 2.45) is 0 Å². The van der Waals surface area contributed by atoms with E-state index in [2.05, 4.69) is 31.6 Å². The number of anilines is 4. The van der Waals surface area contributed by atoms with Gasteiger partial charge in [0.2, 0.25) is 0 Å². The Hall–Kier alpha value is -4.54. The van der Waals surface area contributed by atoms with Crippen LogP contribution in [0.2, 0.25) is 0 Å². The van der Waals surface area contributed by atoms with Crippen molar-refractivity contribution in [1.29, 1.82) is 0 Å². The molecule has 0 atom stereocenters. The Morgan fingerprint density at radius 2 is 1.66 bits per heavy atom. The number of aromatic amines is 1. The van der Waals surface area contributed by atoms with Crippen molar-refractivity contribution in [1.82, 2.24) is 10.2 Å². The minimum absolute atomic E-state index is 0.119. The molecule has 10 heteroatoms. The molecule has 0 spiro atoms. The molecular weight excluding hydrogens is 518 g/mol. The Morgan fingerprint density at radius 3 is 2.53 bits per heavy atom. The maximum absolute atomic E-state index is 12.8. The number of fused-ring (bicyclic) bond motifs is 3. The molecule has 0 saturated heterocycles. The highest BCUT2D eigenvalue weighted by atomic mass is 32.2. The fourth-order valence-electron chi connectivity index (χ4n) is 4.05. The van der Waals surface area contributed by atoms with Gasteiger partial charge in [0.1, 0.15) is 0 Å². The molecule has 8 nitrogen and oxygen atoms in total. The molecule has 0 amide bonds. The van der Waals surface area contributed by atoms with Gasteiger partial charge in [-0.15, -0.1) is 0 Å². The fourth-order valence-corrected chi connectivity index (χ4v) is 6.07. The van der Waals surface area contributed by atoms with E-state index in [0.29, 0.717) is 16.9 Å². The van der Waals surface area contributed by atoms with Crippen LogP contribution in [0.25, 0.3) is 10.9 Å². The zero-order chi connectivity index (χ0) is 26.1. The SMILES string of the molecule is O=C(/C=C\Nc1ccc(S(=O)(=O)Nc2ccc3cn[nH]c3c2)cc1)c1ccc2c(c1)Nc1ccccc1S2. The van der Waals surface area contributed by atoms with Crippen LogP contribution in [0, 0.1) is 0 Å². The predicted molar refractivity (Wildman–Crippen MR) is 151 cm³/mol. The number of rotatable bonds is 7. The molecule has 1 aliphatic heterocycles. The summed E-state index contributed by atoms with van der Waals surface area (Å²) in [4.78, 5) is 15.1. The summed E-state index contributed by atoms with van der Waals surface area (Å²) in [5.41, 5.74) is 4.30. The molecule has 0 saturated carbocycles. The van der Waals surface area contributed by atoms with Crippen molar-refractivity contribution in [3.05, 3.63) is 109 Å². The molecule has 1 aromatic heterocycles. The van der Waals surface area contributed by atoms with Crippen LogP contribution in [0.1, 0.15) is 10.4 Å². The highest BCUT2D eigenvalue weighted by Gasteiger charge is 2.17. The van der Waals surface area contributed by atoms with Gasteiger partial charge in [0, 0.05) is 38.7 Å².